The van der Waals surface area contributed by atoms with Crippen molar-refractivity contribution in [2.75, 3.05) is 11.1 Å². The van der Waals surface area contributed by atoms with Gasteiger partial charge in [-0.1, -0.05) is 18.2 Å². The SMILES string of the molecule is Cc1ccccc1Nc1nc(N)nc(Cn2cnc3c2c(=O)n(C)c(=O)n3C)n1. The van der Waals surface area contributed by atoms with Crippen molar-refractivity contribution in [2.24, 2.45) is 14.1 Å². The maximum atomic E-state index is 12.6. The van der Waals surface area contributed by atoms with Crippen LogP contribution in [0.15, 0.2) is 40.2 Å². The molecule has 1 aromatic carbocycles. The van der Waals surface area contributed by atoms with Crippen LogP contribution in [-0.4, -0.2) is 33.6 Å². The number of fused-ring (bicyclic) bond motifs is 1. The molecule has 0 unspecified atom stereocenters. The molecule has 148 valence electrons. The summed E-state index contributed by atoms with van der Waals surface area (Å²) in [5.74, 6) is 0.700. The Kier molecular flexibility index (Phi) is 4.34. The van der Waals surface area contributed by atoms with Gasteiger partial charge in [0.05, 0.1) is 12.9 Å². The van der Waals surface area contributed by atoms with Crippen LogP contribution in [0.5, 0.6) is 0 Å². The van der Waals surface area contributed by atoms with Crippen molar-refractivity contribution < 1.29 is 0 Å². The fraction of sp³-hybridized carbons (Fsp3) is 0.222. The Morgan fingerprint density at radius 1 is 1.07 bits per heavy atom. The number of hydrogen-bond donors (Lipinski definition) is 2. The summed E-state index contributed by atoms with van der Waals surface area (Å²) in [6, 6.07) is 7.71. The summed E-state index contributed by atoms with van der Waals surface area (Å²) in [6.45, 7) is 2.10. The van der Waals surface area contributed by atoms with E-state index >= 15 is 0 Å². The van der Waals surface area contributed by atoms with Crippen molar-refractivity contribution >= 4 is 28.7 Å². The molecule has 0 aliphatic heterocycles. The highest BCUT2D eigenvalue weighted by atomic mass is 16.2. The van der Waals surface area contributed by atoms with E-state index in [9.17, 15) is 9.59 Å². The molecule has 0 saturated heterocycles. The predicted molar refractivity (Wildman–Crippen MR) is 108 cm³/mol. The minimum Gasteiger partial charge on any atom is -0.368 e. The first kappa shape index (κ1) is 18.3. The van der Waals surface area contributed by atoms with Gasteiger partial charge in [-0.3, -0.25) is 13.9 Å². The third-order valence-corrected chi connectivity index (χ3v) is 4.62. The number of nitrogens with two attached hydrogens (primary N) is 1. The zero-order valence-electron chi connectivity index (χ0n) is 16.1. The smallest absolute Gasteiger partial charge is 0.332 e. The van der Waals surface area contributed by atoms with Crippen molar-refractivity contribution in [3.8, 4) is 0 Å². The van der Waals surface area contributed by atoms with Crippen LogP contribution in [0, 0.1) is 6.92 Å². The van der Waals surface area contributed by atoms with Gasteiger partial charge >= 0.3 is 5.69 Å². The van der Waals surface area contributed by atoms with Gasteiger partial charge in [0.25, 0.3) is 5.56 Å². The average Bonchev–Trinajstić information content (AvgIpc) is 3.10. The summed E-state index contributed by atoms with van der Waals surface area (Å²) < 4.78 is 3.94. The molecular formula is C18H19N9O2. The zero-order valence-corrected chi connectivity index (χ0v) is 16.1. The van der Waals surface area contributed by atoms with Crippen molar-refractivity contribution in [3.05, 3.63) is 62.8 Å². The van der Waals surface area contributed by atoms with E-state index in [4.69, 9.17) is 5.73 Å². The van der Waals surface area contributed by atoms with Gasteiger partial charge in [-0.15, -0.1) is 0 Å². The minimum atomic E-state index is -0.444. The van der Waals surface area contributed by atoms with Gasteiger partial charge in [0.15, 0.2) is 17.0 Å². The molecule has 0 bridgehead atoms. The van der Waals surface area contributed by atoms with Gasteiger partial charge in [-0.25, -0.2) is 9.78 Å². The molecule has 0 radical (unpaired) electrons. The molecule has 4 aromatic rings. The highest BCUT2D eigenvalue weighted by Crippen LogP contribution is 2.18. The summed E-state index contributed by atoms with van der Waals surface area (Å²) in [5, 5.41) is 3.13. The fourth-order valence-corrected chi connectivity index (χ4v) is 3.07. The van der Waals surface area contributed by atoms with Gasteiger partial charge in [-0.05, 0) is 18.6 Å². The predicted octanol–water partition coefficient (Wildman–Crippen LogP) is 0.301. The number of hydrogen-bond acceptors (Lipinski definition) is 8. The van der Waals surface area contributed by atoms with E-state index in [0.717, 1.165) is 15.8 Å². The largest absolute Gasteiger partial charge is 0.368 e. The van der Waals surface area contributed by atoms with E-state index in [1.54, 1.807) is 11.6 Å². The first-order valence-corrected chi connectivity index (χ1v) is 8.79. The quantitative estimate of drug-likeness (QED) is 0.505. The van der Waals surface area contributed by atoms with Crippen LogP contribution in [0.25, 0.3) is 11.2 Å². The van der Waals surface area contributed by atoms with E-state index in [1.807, 2.05) is 31.2 Å². The maximum absolute atomic E-state index is 12.6. The Balaban J connectivity index is 1.74. The van der Waals surface area contributed by atoms with Crippen LogP contribution >= 0.6 is 0 Å². The van der Waals surface area contributed by atoms with Crippen molar-refractivity contribution in [1.82, 2.24) is 33.6 Å². The second-order valence-corrected chi connectivity index (χ2v) is 6.62. The third-order valence-electron chi connectivity index (χ3n) is 4.62. The Hall–Kier alpha value is -4.02. The minimum absolute atomic E-state index is 0.0517. The molecule has 3 aromatic heterocycles. The van der Waals surface area contributed by atoms with E-state index in [2.05, 4.69) is 25.3 Å². The van der Waals surface area contributed by atoms with Crippen molar-refractivity contribution in [1.29, 1.82) is 0 Å². The zero-order chi connectivity index (χ0) is 20.7. The van der Waals surface area contributed by atoms with Crippen molar-refractivity contribution in [3.63, 3.8) is 0 Å². The monoisotopic (exact) mass is 393 g/mol. The summed E-state index contributed by atoms with van der Waals surface area (Å²) in [4.78, 5) is 41.6. The molecule has 11 nitrogen and oxygen atoms in total. The Labute approximate surface area is 164 Å². The van der Waals surface area contributed by atoms with Gasteiger partial charge in [0, 0.05) is 19.8 Å². The molecule has 0 aliphatic rings. The molecular weight excluding hydrogens is 374 g/mol. The molecule has 0 spiro atoms. The van der Waals surface area contributed by atoms with Crippen LogP contribution in [0.3, 0.4) is 0 Å². The molecule has 0 fully saturated rings. The second-order valence-electron chi connectivity index (χ2n) is 6.62. The maximum Gasteiger partial charge on any atom is 0.332 e. The number of anilines is 3. The Morgan fingerprint density at radius 2 is 1.83 bits per heavy atom. The fourth-order valence-electron chi connectivity index (χ4n) is 3.07. The van der Waals surface area contributed by atoms with Crippen LogP contribution < -0.4 is 22.3 Å². The standard InChI is InChI=1S/C18H19N9O2/c1-10-6-4-5-7-11(10)21-17-23-12(22-16(19)24-17)8-27-9-20-14-13(27)15(28)26(3)18(29)25(14)2/h4-7,9H,8H2,1-3H3,(H3,19,21,22,23,24). The molecule has 0 saturated carbocycles. The van der Waals surface area contributed by atoms with Crippen LogP contribution in [0.1, 0.15) is 11.4 Å². The van der Waals surface area contributed by atoms with Crippen LogP contribution in [-0.2, 0) is 20.6 Å². The molecule has 0 atom stereocenters. The lowest BCUT2D eigenvalue weighted by molar-refractivity contribution is 0.698. The van der Waals surface area contributed by atoms with Gasteiger partial charge < -0.3 is 15.6 Å². The molecule has 3 heterocycles. The first-order valence-electron chi connectivity index (χ1n) is 8.79. The number of nitrogens with one attached hydrogen (secondary N) is 1. The lowest BCUT2D eigenvalue weighted by Gasteiger charge is -2.10. The van der Waals surface area contributed by atoms with Crippen molar-refractivity contribution in [2.45, 2.75) is 13.5 Å². The van der Waals surface area contributed by atoms with Crippen LogP contribution in [0.4, 0.5) is 17.6 Å². The number of nitrogens with zero attached hydrogens (tertiary/aromatic N) is 7. The highest BCUT2D eigenvalue weighted by molar-refractivity contribution is 5.70. The number of aryl methyl sites for hydroxylation is 2. The summed E-state index contributed by atoms with van der Waals surface area (Å²) in [6.07, 6.45) is 1.47. The molecule has 29 heavy (non-hydrogen) atoms. The van der Waals surface area contributed by atoms with Gasteiger partial charge in [0.2, 0.25) is 11.9 Å². The molecule has 0 aliphatic carbocycles. The van der Waals surface area contributed by atoms with E-state index in [0.29, 0.717) is 17.4 Å². The lowest BCUT2D eigenvalue weighted by atomic mass is 10.2. The second kappa shape index (κ2) is 6.86. The molecule has 3 N–H and O–H groups in total. The summed E-state index contributed by atoms with van der Waals surface area (Å²) in [7, 11) is 2.99. The average molecular weight is 393 g/mol. The third kappa shape index (κ3) is 3.22. The number of aromatic nitrogens is 7. The topological polar surface area (TPSA) is 139 Å². The molecule has 11 heteroatoms. The van der Waals surface area contributed by atoms with E-state index in [1.165, 1.54) is 17.9 Å². The van der Waals surface area contributed by atoms with Gasteiger partial charge in [-0.2, -0.15) is 15.0 Å². The summed E-state index contributed by atoms with van der Waals surface area (Å²) in [5.41, 5.74) is 7.41. The Bertz CT molecular complexity index is 1350. The highest BCUT2D eigenvalue weighted by Gasteiger charge is 2.16. The van der Waals surface area contributed by atoms with Crippen LogP contribution in [0.2, 0.25) is 0 Å². The Morgan fingerprint density at radius 3 is 2.59 bits per heavy atom. The first-order chi connectivity index (χ1) is 13.8. The molecule has 4 rings (SSSR count). The van der Waals surface area contributed by atoms with E-state index < -0.39 is 11.2 Å². The number of para-hydroxylation sites is 1. The number of nitrogen functional groups attached to an aromatic ring is 1. The molecule has 0 amide bonds. The summed E-state index contributed by atoms with van der Waals surface area (Å²) >= 11 is 0. The lowest BCUT2D eigenvalue weighted by Crippen LogP contribution is -2.37. The van der Waals surface area contributed by atoms with E-state index in [-0.39, 0.29) is 18.0 Å². The number of rotatable bonds is 4. The number of benzene rings is 1. The normalized spacial score (nSPS) is 11.1. The number of imidazole rings is 1. The van der Waals surface area contributed by atoms with Gasteiger partial charge in [0.1, 0.15) is 0 Å².